The van der Waals surface area contributed by atoms with Gasteiger partial charge >= 0.3 is 0 Å². The fraction of sp³-hybridized carbons (Fsp3) is 0.143. The third kappa shape index (κ3) is 3.05. The van der Waals surface area contributed by atoms with Crippen LogP contribution >= 0.6 is 0 Å². The predicted molar refractivity (Wildman–Crippen MR) is 64.8 cm³/mol. The molecule has 1 nitrogen and oxygen atoms in total. The largest absolute Gasteiger partial charge is 0.378 e. The minimum atomic E-state index is -1.28. The van der Waals surface area contributed by atoms with E-state index in [0.29, 0.717) is 11.6 Å². The Bertz CT molecular complexity index is 611. The van der Waals surface area contributed by atoms with Crippen LogP contribution in [0.3, 0.4) is 0 Å². The molecule has 0 saturated heterocycles. The smallest absolute Gasteiger partial charge is 0.182 e. The van der Waals surface area contributed by atoms with E-state index < -0.39 is 23.3 Å². The first-order valence-corrected chi connectivity index (χ1v) is 5.61. The molecule has 0 atom stereocenters. The minimum Gasteiger partial charge on any atom is -0.378 e. The molecule has 0 aromatic heterocycles. The molecule has 0 aliphatic carbocycles. The van der Waals surface area contributed by atoms with Crippen LogP contribution < -0.4 is 5.32 Å². The lowest BCUT2D eigenvalue weighted by molar-refractivity contribution is 0.497. The van der Waals surface area contributed by atoms with Gasteiger partial charge < -0.3 is 5.32 Å². The summed E-state index contributed by atoms with van der Waals surface area (Å²) in [5.41, 5.74) is 0.798. The van der Waals surface area contributed by atoms with E-state index in [1.165, 1.54) is 6.07 Å². The maximum Gasteiger partial charge on any atom is 0.182 e. The van der Waals surface area contributed by atoms with Crippen molar-refractivity contribution in [1.82, 2.24) is 0 Å². The van der Waals surface area contributed by atoms with Crippen LogP contribution in [0, 0.1) is 30.2 Å². The second kappa shape index (κ2) is 5.30. The summed E-state index contributed by atoms with van der Waals surface area (Å²) < 4.78 is 52.8. The van der Waals surface area contributed by atoms with E-state index in [4.69, 9.17) is 0 Å². The Labute approximate surface area is 107 Å². The summed E-state index contributed by atoms with van der Waals surface area (Å²) in [7, 11) is 0. The van der Waals surface area contributed by atoms with Gasteiger partial charge in [-0.3, -0.25) is 0 Å². The second-order valence-corrected chi connectivity index (χ2v) is 4.20. The van der Waals surface area contributed by atoms with Crippen LogP contribution in [0.5, 0.6) is 0 Å². The van der Waals surface area contributed by atoms with Gasteiger partial charge in [0.25, 0.3) is 0 Å². The zero-order valence-electron chi connectivity index (χ0n) is 10.1. The predicted octanol–water partition coefficient (Wildman–Crippen LogP) is 4.16. The molecule has 2 rings (SSSR count). The van der Waals surface area contributed by atoms with Crippen LogP contribution in [-0.4, -0.2) is 0 Å². The van der Waals surface area contributed by atoms with Crippen LogP contribution in [-0.2, 0) is 6.54 Å². The Kier molecular flexibility index (Phi) is 3.74. The SMILES string of the molecule is Cc1ccc(F)c(CNc2cc(F)cc(F)c2F)c1. The summed E-state index contributed by atoms with van der Waals surface area (Å²) in [5, 5.41) is 2.48. The third-order valence-corrected chi connectivity index (χ3v) is 2.66. The highest BCUT2D eigenvalue weighted by Crippen LogP contribution is 2.20. The van der Waals surface area contributed by atoms with Crippen molar-refractivity contribution in [2.45, 2.75) is 13.5 Å². The van der Waals surface area contributed by atoms with Crippen LogP contribution in [0.4, 0.5) is 23.2 Å². The van der Waals surface area contributed by atoms with Crippen LogP contribution in [0.2, 0.25) is 0 Å². The summed E-state index contributed by atoms with van der Waals surface area (Å²) in [6.45, 7) is 1.72. The maximum absolute atomic E-state index is 13.4. The molecule has 2 aromatic carbocycles. The van der Waals surface area contributed by atoms with Crippen LogP contribution in [0.1, 0.15) is 11.1 Å². The van der Waals surface area contributed by atoms with Crippen molar-refractivity contribution >= 4 is 5.69 Å². The average molecular weight is 269 g/mol. The lowest BCUT2D eigenvalue weighted by atomic mass is 10.1. The maximum atomic E-state index is 13.4. The molecule has 0 unspecified atom stereocenters. The van der Waals surface area contributed by atoms with Gasteiger partial charge in [-0.05, 0) is 13.0 Å². The Morgan fingerprint density at radius 2 is 1.68 bits per heavy atom. The zero-order valence-corrected chi connectivity index (χ0v) is 10.1. The molecule has 0 aliphatic rings. The van der Waals surface area contributed by atoms with Crippen molar-refractivity contribution in [3.63, 3.8) is 0 Å². The molecule has 0 heterocycles. The van der Waals surface area contributed by atoms with Crippen molar-refractivity contribution in [2.24, 2.45) is 0 Å². The van der Waals surface area contributed by atoms with Crippen molar-refractivity contribution in [1.29, 1.82) is 0 Å². The van der Waals surface area contributed by atoms with Crippen molar-refractivity contribution in [3.8, 4) is 0 Å². The average Bonchev–Trinajstić information content (AvgIpc) is 2.35. The summed E-state index contributed by atoms with van der Waals surface area (Å²) in [5.74, 6) is -3.83. The Morgan fingerprint density at radius 3 is 2.42 bits per heavy atom. The number of rotatable bonds is 3. The molecule has 0 fully saturated rings. The van der Waals surface area contributed by atoms with Crippen molar-refractivity contribution in [3.05, 3.63) is 64.7 Å². The molecule has 0 saturated carbocycles. The van der Waals surface area contributed by atoms with E-state index in [0.717, 1.165) is 11.6 Å². The number of benzene rings is 2. The Balaban J connectivity index is 2.21. The Hall–Kier alpha value is -2.04. The number of nitrogens with one attached hydrogen (secondary N) is 1. The quantitative estimate of drug-likeness (QED) is 0.651. The number of hydrogen-bond acceptors (Lipinski definition) is 1. The fourth-order valence-corrected chi connectivity index (χ4v) is 1.71. The minimum absolute atomic E-state index is 0.0622. The molecule has 0 amide bonds. The highest BCUT2D eigenvalue weighted by molar-refractivity contribution is 5.46. The van der Waals surface area contributed by atoms with Gasteiger partial charge in [0.05, 0.1) is 5.69 Å². The zero-order chi connectivity index (χ0) is 14.0. The molecule has 5 heteroatoms. The monoisotopic (exact) mass is 269 g/mol. The molecule has 0 aliphatic heterocycles. The van der Waals surface area contributed by atoms with Gasteiger partial charge in [0.2, 0.25) is 0 Å². The second-order valence-electron chi connectivity index (χ2n) is 4.20. The molecular formula is C14H11F4N. The lowest BCUT2D eigenvalue weighted by Gasteiger charge is -2.10. The van der Waals surface area contributed by atoms with Gasteiger partial charge in [-0.25, -0.2) is 17.6 Å². The topological polar surface area (TPSA) is 12.0 Å². The summed E-state index contributed by atoms with van der Waals surface area (Å²) in [4.78, 5) is 0. The van der Waals surface area contributed by atoms with E-state index in [-0.39, 0.29) is 12.2 Å². The standard InChI is InChI=1S/C14H11F4N/c1-8-2-3-11(16)9(4-8)7-19-13-6-10(15)5-12(17)14(13)18/h2-6,19H,7H2,1H3. The van der Waals surface area contributed by atoms with Crippen LogP contribution in [0.25, 0.3) is 0 Å². The van der Waals surface area contributed by atoms with E-state index in [9.17, 15) is 17.6 Å². The molecule has 1 N–H and O–H groups in total. The number of hydrogen-bond donors (Lipinski definition) is 1. The first kappa shape index (κ1) is 13.4. The normalized spacial score (nSPS) is 10.6. The Morgan fingerprint density at radius 1 is 0.947 bits per heavy atom. The molecule has 2 aromatic rings. The highest BCUT2D eigenvalue weighted by Gasteiger charge is 2.11. The summed E-state index contributed by atoms with van der Waals surface area (Å²) >= 11 is 0. The van der Waals surface area contributed by atoms with E-state index in [1.807, 2.05) is 0 Å². The van der Waals surface area contributed by atoms with E-state index >= 15 is 0 Å². The van der Waals surface area contributed by atoms with Crippen molar-refractivity contribution in [2.75, 3.05) is 5.32 Å². The summed E-state index contributed by atoms with van der Waals surface area (Å²) in [6.07, 6.45) is 0. The van der Waals surface area contributed by atoms with Gasteiger partial charge in [-0.1, -0.05) is 17.7 Å². The van der Waals surface area contributed by atoms with Gasteiger partial charge in [0.1, 0.15) is 11.6 Å². The van der Waals surface area contributed by atoms with E-state index in [2.05, 4.69) is 5.32 Å². The highest BCUT2D eigenvalue weighted by atomic mass is 19.2. The number of halogens is 4. The molecule has 0 spiro atoms. The van der Waals surface area contributed by atoms with Gasteiger partial charge in [-0.2, -0.15) is 0 Å². The molecule has 19 heavy (non-hydrogen) atoms. The van der Waals surface area contributed by atoms with E-state index in [1.54, 1.807) is 19.1 Å². The van der Waals surface area contributed by atoms with Crippen LogP contribution in [0.15, 0.2) is 30.3 Å². The molecule has 100 valence electrons. The van der Waals surface area contributed by atoms with Gasteiger partial charge in [0, 0.05) is 24.2 Å². The molecule has 0 radical (unpaired) electrons. The number of aryl methyl sites for hydroxylation is 1. The summed E-state index contributed by atoms with van der Waals surface area (Å²) in [6, 6.07) is 5.74. The first-order valence-electron chi connectivity index (χ1n) is 5.61. The van der Waals surface area contributed by atoms with Gasteiger partial charge in [0.15, 0.2) is 11.6 Å². The lowest BCUT2D eigenvalue weighted by Crippen LogP contribution is -2.05. The van der Waals surface area contributed by atoms with Gasteiger partial charge in [-0.15, -0.1) is 0 Å². The number of anilines is 1. The van der Waals surface area contributed by atoms with Crippen molar-refractivity contribution < 1.29 is 17.6 Å². The molecule has 0 bridgehead atoms. The fourth-order valence-electron chi connectivity index (χ4n) is 1.71. The first-order chi connectivity index (χ1) is 8.97. The third-order valence-electron chi connectivity index (χ3n) is 2.66. The molecular weight excluding hydrogens is 258 g/mol.